The number of hydrogen-bond acceptors (Lipinski definition) is 5. The Morgan fingerprint density at radius 3 is 2.69 bits per heavy atom. The van der Waals surface area contributed by atoms with Crippen molar-refractivity contribution in [2.75, 3.05) is 5.43 Å². The Balaban J connectivity index is 1.58. The first-order valence-electron chi connectivity index (χ1n) is 7.62. The van der Waals surface area contributed by atoms with E-state index in [1.165, 1.54) is 6.20 Å². The van der Waals surface area contributed by atoms with Crippen LogP contribution >= 0.6 is 23.2 Å². The average molecular weight is 389 g/mol. The highest BCUT2D eigenvalue weighted by molar-refractivity contribution is 6.32. The van der Waals surface area contributed by atoms with E-state index in [4.69, 9.17) is 27.9 Å². The van der Waals surface area contributed by atoms with E-state index >= 15 is 0 Å². The van der Waals surface area contributed by atoms with Gasteiger partial charge in [-0.05, 0) is 35.9 Å². The monoisotopic (exact) mass is 388 g/mol. The molecule has 2 aromatic carbocycles. The summed E-state index contributed by atoms with van der Waals surface area (Å²) < 4.78 is 5.72. The molecule has 1 aromatic heterocycles. The van der Waals surface area contributed by atoms with Crippen molar-refractivity contribution in [2.45, 2.75) is 6.61 Å². The minimum Gasteiger partial charge on any atom is -0.489 e. The molecule has 0 aliphatic rings. The Morgan fingerprint density at radius 2 is 1.92 bits per heavy atom. The summed E-state index contributed by atoms with van der Waals surface area (Å²) in [6, 6.07) is 14.9. The zero-order chi connectivity index (χ0) is 18.4. The lowest BCUT2D eigenvalue weighted by Gasteiger charge is -2.07. The second kappa shape index (κ2) is 8.51. The number of benzene rings is 2. The minimum absolute atomic E-state index is 0.000436. The first-order chi connectivity index (χ1) is 12.6. The quantitative estimate of drug-likeness (QED) is 0.492. The molecule has 3 rings (SSSR count). The topological polar surface area (TPSA) is 79.4 Å². The molecule has 0 spiro atoms. The van der Waals surface area contributed by atoms with Gasteiger partial charge in [0.05, 0.1) is 12.4 Å². The molecule has 0 fully saturated rings. The van der Waals surface area contributed by atoms with E-state index in [9.17, 15) is 4.79 Å². The SMILES string of the molecule is O=c1[nH]ncc(N/N=C/c2ccc(OCc3ccccc3Cl)cc2)c1Cl. The molecule has 0 amide bonds. The third kappa shape index (κ3) is 4.62. The average Bonchev–Trinajstić information content (AvgIpc) is 2.65. The number of rotatable bonds is 6. The van der Waals surface area contributed by atoms with Crippen molar-refractivity contribution in [2.24, 2.45) is 5.10 Å². The number of hydrazone groups is 1. The number of ether oxygens (including phenoxy) is 1. The van der Waals surface area contributed by atoms with Gasteiger partial charge in [-0.1, -0.05) is 41.4 Å². The van der Waals surface area contributed by atoms with Crippen LogP contribution < -0.4 is 15.7 Å². The molecular formula is C18H14Cl2N4O2. The van der Waals surface area contributed by atoms with Crippen molar-refractivity contribution in [3.63, 3.8) is 0 Å². The minimum atomic E-state index is -0.480. The number of nitrogens with one attached hydrogen (secondary N) is 2. The fourth-order valence-electron chi connectivity index (χ4n) is 2.06. The van der Waals surface area contributed by atoms with Crippen LogP contribution in [0.3, 0.4) is 0 Å². The number of halogens is 2. The van der Waals surface area contributed by atoms with Crippen LogP contribution in [0, 0.1) is 0 Å². The van der Waals surface area contributed by atoms with Crippen molar-refractivity contribution < 1.29 is 4.74 Å². The number of nitrogens with zero attached hydrogens (tertiary/aromatic N) is 2. The van der Waals surface area contributed by atoms with Gasteiger partial charge >= 0.3 is 0 Å². The Morgan fingerprint density at radius 1 is 1.15 bits per heavy atom. The normalized spacial score (nSPS) is 10.8. The summed E-state index contributed by atoms with van der Waals surface area (Å²) in [6.07, 6.45) is 2.97. The van der Waals surface area contributed by atoms with Gasteiger partial charge in [0.1, 0.15) is 23.1 Å². The fraction of sp³-hybridized carbons (Fsp3) is 0.0556. The highest BCUT2D eigenvalue weighted by Gasteiger charge is 2.03. The maximum atomic E-state index is 11.3. The maximum absolute atomic E-state index is 11.3. The van der Waals surface area contributed by atoms with Crippen molar-refractivity contribution in [3.05, 3.63) is 86.3 Å². The summed E-state index contributed by atoms with van der Waals surface area (Å²) >= 11 is 12.0. The zero-order valence-electron chi connectivity index (χ0n) is 13.4. The molecule has 132 valence electrons. The van der Waals surface area contributed by atoms with Crippen LogP contribution in [0.1, 0.15) is 11.1 Å². The van der Waals surface area contributed by atoms with Crippen LogP contribution in [0.15, 0.2) is 64.6 Å². The summed E-state index contributed by atoms with van der Waals surface area (Å²) in [4.78, 5) is 11.3. The van der Waals surface area contributed by atoms with Gasteiger partial charge in [0.25, 0.3) is 5.56 Å². The van der Waals surface area contributed by atoms with Gasteiger partial charge in [-0.25, -0.2) is 5.10 Å². The van der Waals surface area contributed by atoms with Gasteiger partial charge in [0, 0.05) is 10.6 Å². The molecule has 0 aliphatic heterocycles. The van der Waals surface area contributed by atoms with Crippen molar-refractivity contribution in [1.82, 2.24) is 10.2 Å². The predicted molar refractivity (Wildman–Crippen MR) is 103 cm³/mol. The van der Waals surface area contributed by atoms with E-state index in [2.05, 4.69) is 20.7 Å². The molecule has 0 bridgehead atoms. The zero-order valence-corrected chi connectivity index (χ0v) is 15.0. The molecule has 0 radical (unpaired) electrons. The van der Waals surface area contributed by atoms with Gasteiger partial charge in [-0.15, -0.1) is 0 Å². The van der Waals surface area contributed by atoms with Crippen LogP contribution in [0.25, 0.3) is 0 Å². The second-order valence-corrected chi connectivity index (χ2v) is 6.03. The Labute approximate surface area is 159 Å². The highest BCUT2D eigenvalue weighted by atomic mass is 35.5. The molecule has 26 heavy (non-hydrogen) atoms. The number of aromatic nitrogens is 2. The van der Waals surface area contributed by atoms with E-state index < -0.39 is 5.56 Å². The summed E-state index contributed by atoms with van der Waals surface area (Å²) in [7, 11) is 0. The van der Waals surface area contributed by atoms with Crippen LogP contribution in [0.5, 0.6) is 5.75 Å². The van der Waals surface area contributed by atoms with Gasteiger partial charge < -0.3 is 4.74 Å². The summed E-state index contributed by atoms with van der Waals surface area (Å²) in [5.74, 6) is 0.719. The van der Waals surface area contributed by atoms with Crippen molar-refractivity contribution in [1.29, 1.82) is 0 Å². The van der Waals surface area contributed by atoms with E-state index in [1.807, 2.05) is 48.5 Å². The van der Waals surface area contributed by atoms with E-state index in [0.717, 1.165) is 16.9 Å². The van der Waals surface area contributed by atoms with Crippen LogP contribution in [-0.4, -0.2) is 16.4 Å². The first-order valence-corrected chi connectivity index (χ1v) is 8.37. The van der Waals surface area contributed by atoms with E-state index in [1.54, 1.807) is 6.21 Å². The summed E-state index contributed by atoms with van der Waals surface area (Å²) in [6.45, 7) is 0.392. The van der Waals surface area contributed by atoms with Crippen molar-refractivity contribution >= 4 is 35.1 Å². The molecule has 8 heteroatoms. The summed E-state index contributed by atoms with van der Waals surface area (Å²) in [5, 5.41) is 10.6. The number of hydrogen-bond donors (Lipinski definition) is 2. The van der Waals surface area contributed by atoms with E-state index in [-0.39, 0.29) is 5.02 Å². The smallest absolute Gasteiger partial charge is 0.285 e. The Hall–Kier alpha value is -2.83. The molecule has 0 aliphatic carbocycles. The molecule has 3 aromatic rings. The lowest BCUT2D eigenvalue weighted by Crippen LogP contribution is -2.10. The molecule has 0 atom stereocenters. The lowest BCUT2D eigenvalue weighted by molar-refractivity contribution is 0.306. The molecular weight excluding hydrogens is 375 g/mol. The van der Waals surface area contributed by atoms with Gasteiger partial charge in [-0.3, -0.25) is 10.2 Å². The first kappa shape index (κ1) is 18.0. The molecule has 0 unspecified atom stereocenters. The van der Waals surface area contributed by atoms with Crippen molar-refractivity contribution in [3.8, 4) is 5.75 Å². The number of H-pyrrole nitrogens is 1. The number of anilines is 1. The third-order valence-electron chi connectivity index (χ3n) is 3.43. The molecule has 0 saturated carbocycles. The largest absolute Gasteiger partial charge is 0.489 e. The number of aromatic amines is 1. The van der Waals surface area contributed by atoms with E-state index in [0.29, 0.717) is 17.3 Å². The van der Waals surface area contributed by atoms with Crippen LogP contribution in [-0.2, 0) is 6.61 Å². The third-order valence-corrected chi connectivity index (χ3v) is 4.17. The predicted octanol–water partition coefficient (Wildman–Crippen LogP) is 4.10. The molecule has 1 heterocycles. The van der Waals surface area contributed by atoms with Gasteiger partial charge in [0.2, 0.25) is 0 Å². The lowest BCUT2D eigenvalue weighted by atomic mass is 10.2. The molecule has 0 saturated heterocycles. The highest BCUT2D eigenvalue weighted by Crippen LogP contribution is 2.19. The maximum Gasteiger partial charge on any atom is 0.285 e. The molecule has 2 N–H and O–H groups in total. The van der Waals surface area contributed by atoms with Crippen LogP contribution in [0.4, 0.5) is 5.69 Å². The Bertz CT molecular complexity index is 971. The van der Waals surface area contributed by atoms with Gasteiger partial charge in [0.15, 0.2) is 0 Å². The molecule has 6 nitrogen and oxygen atoms in total. The fourth-order valence-corrected chi connectivity index (χ4v) is 2.39. The van der Waals surface area contributed by atoms with Gasteiger partial charge in [-0.2, -0.15) is 10.2 Å². The second-order valence-electron chi connectivity index (χ2n) is 5.25. The standard InChI is InChI=1S/C18H14Cl2N4O2/c19-15-4-2-1-3-13(15)11-26-14-7-5-12(6-8-14)9-21-23-16-10-22-24-18(25)17(16)20/h1-10H,11H2,(H2,23,24,25)/b21-9+. The van der Waals surface area contributed by atoms with Crippen LogP contribution in [0.2, 0.25) is 10.0 Å². The summed E-state index contributed by atoms with van der Waals surface area (Å²) in [5.41, 5.74) is 4.29. The Kier molecular flexibility index (Phi) is 5.88.